The summed E-state index contributed by atoms with van der Waals surface area (Å²) in [4.78, 5) is 7.55. The molecule has 36 heavy (non-hydrogen) atoms. The lowest BCUT2D eigenvalue weighted by Crippen LogP contribution is -2.51. The van der Waals surface area contributed by atoms with Crippen LogP contribution in [0, 0.1) is 29.3 Å². The fourth-order valence-electron chi connectivity index (χ4n) is 3.35. The van der Waals surface area contributed by atoms with E-state index in [4.69, 9.17) is 0 Å². The highest BCUT2D eigenvalue weighted by Crippen LogP contribution is 2.46. The number of rotatable bonds is 5. The van der Waals surface area contributed by atoms with Crippen LogP contribution in [0.1, 0.15) is 22.5 Å². The molecule has 2 aromatic carbocycles. The van der Waals surface area contributed by atoms with Crippen LogP contribution in [0.4, 0.5) is 22.0 Å². The summed E-state index contributed by atoms with van der Waals surface area (Å²) in [5.41, 5.74) is -2.00. The summed E-state index contributed by atoms with van der Waals surface area (Å²) in [7, 11) is 0. The lowest BCUT2D eigenvalue weighted by atomic mass is 9.84. The van der Waals surface area contributed by atoms with Crippen molar-refractivity contribution in [3.05, 3.63) is 113 Å². The third-order valence-electron chi connectivity index (χ3n) is 5.19. The quantitative estimate of drug-likeness (QED) is 0.317. The van der Waals surface area contributed by atoms with Gasteiger partial charge in [0.05, 0.1) is 31.7 Å². The van der Waals surface area contributed by atoms with Crippen molar-refractivity contribution in [1.29, 1.82) is 0 Å². The molecule has 2 heterocycles. The minimum atomic E-state index is -4.22. The Balaban J connectivity index is 1.70. The van der Waals surface area contributed by atoms with Crippen molar-refractivity contribution in [1.82, 2.24) is 15.0 Å². The molecule has 0 bridgehead atoms. The standard InChI is InChI=1S/C25H16F5N5O/c26-18-6-3-17(4-7-18)5-9-20-14-32-23(15-31-20)25(29,30)24(36,16-35-12-2-1-11-33-34-35)21-10-8-19(27)13-22(21)28/h2-4,6-8,10-11,13-15,36H,12,16H2. The molecule has 11 heteroatoms. The summed E-state index contributed by atoms with van der Waals surface area (Å²) in [5, 5.41) is 19.6. The van der Waals surface area contributed by atoms with E-state index in [2.05, 4.69) is 37.9 Å². The number of hydrogen-bond donors (Lipinski definition) is 1. The molecule has 4 rings (SSSR count). The van der Waals surface area contributed by atoms with Gasteiger partial charge in [0.15, 0.2) is 5.60 Å². The highest BCUT2D eigenvalue weighted by molar-refractivity contribution is 5.39. The molecule has 0 spiro atoms. The van der Waals surface area contributed by atoms with Crippen LogP contribution in [0.2, 0.25) is 0 Å². The van der Waals surface area contributed by atoms with E-state index in [1.165, 1.54) is 36.5 Å². The number of halogens is 5. The largest absolute Gasteiger partial charge is 0.377 e. The van der Waals surface area contributed by atoms with Crippen LogP contribution in [0.3, 0.4) is 0 Å². The zero-order valence-electron chi connectivity index (χ0n) is 18.3. The Morgan fingerprint density at radius 2 is 1.72 bits per heavy atom. The second-order valence-corrected chi connectivity index (χ2v) is 7.65. The Kier molecular flexibility index (Phi) is 6.92. The predicted molar refractivity (Wildman–Crippen MR) is 118 cm³/mol. The lowest BCUT2D eigenvalue weighted by molar-refractivity contribution is -0.208. The Hall–Kier alpha value is -4.39. The summed E-state index contributed by atoms with van der Waals surface area (Å²) in [5.74, 6) is -1.75. The number of aromatic nitrogens is 2. The molecule has 0 amide bonds. The summed E-state index contributed by atoms with van der Waals surface area (Å²) < 4.78 is 72.8. The molecule has 0 saturated carbocycles. The van der Waals surface area contributed by atoms with E-state index < -0.39 is 46.8 Å². The van der Waals surface area contributed by atoms with Gasteiger partial charge in [0.2, 0.25) is 0 Å². The van der Waals surface area contributed by atoms with Crippen LogP contribution in [0.15, 0.2) is 83.2 Å². The zero-order valence-corrected chi connectivity index (χ0v) is 18.3. The molecule has 0 radical (unpaired) electrons. The number of alkyl halides is 2. The molecule has 0 aliphatic carbocycles. The Bertz CT molecular complexity index is 1410. The fourth-order valence-corrected chi connectivity index (χ4v) is 3.35. The maximum Gasteiger partial charge on any atom is 0.325 e. The average Bonchev–Trinajstić information content (AvgIpc) is 3.12. The second-order valence-electron chi connectivity index (χ2n) is 7.65. The number of benzene rings is 2. The normalized spacial score (nSPS) is 14.7. The van der Waals surface area contributed by atoms with E-state index in [9.17, 15) is 18.3 Å². The minimum absolute atomic E-state index is 0.0212. The Morgan fingerprint density at radius 1 is 0.972 bits per heavy atom. The van der Waals surface area contributed by atoms with Crippen LogP contribution >= 0.6 is 0 Å². The lowest BCUT2D eigenvalue weighted by Gasteiger charge is -2.38. The average molecular weight is 497 g/mol. The Labute approximate surface area is 202 Å². The third kappa shape index (κ3) is 5.15. The van der Waals surface area contributed by atoms with E-state index in [1.54, 1.807) is 0 Å². The summed E-state index contributed by atoms with van der Waals surface area (Å²) in [6, 6.07) is 7.17. The van der Waals surface area contributed by atoms with Crippen molar-refractivity contribution in [2.75, 3.05) is 13.1 Å². The molecule has 1 aliphatic rings. The van der Waals surface area contributed by atoms with Gasteiger partial charge in [-0.2, -0.15) is 8.78 Å². The van der Waals surface area contributed by atoms with Gasteiger partial charge in [-0.1, -0.05) is 11.1 Å². The van der Waals surface area contributed by atoms with Gasteiger partial charge in [0.1, 0.15) is 28.8 Å². The summed E-state index contributed by atoms with van der Waals surface area (Å²) in [6.45, 7) is -0.989. The molecule has 1 aromatic heterocycles. The summed E-state index contributed by atoms with van der Waals surface area (Å²) >= 11 is 0. The van der Waals surface area contributed by atoms with Gasteiger partial charge < -0.3 is 5.11 Å². The van der Waals surface area contributed by atoms with E-state index in [0.29, 0.717) is 17.8 Å². The molecule has 1 N–H and O–H groups in total. The van der Waals surface area contributed by atoms with Crippen molar-refractivity contribution >= 4 is 0 Å². The van der Waals surface area contributed by atoms with Crippen molar-refractivity contribution in [3.8, 4) is 11.8 Å². The van der Waals surface area contributed by atoms with Gasteiger partial charge in [0.25, 0.3) is 0 Å². The van der Waals surface area contributed by atoms with Gasteiger partial charge >= 0.3 is 5.92 Å². The van der Waals surface area contributed by atoms with Crippen LogP contribution in [0.25, 0.3) is 0 Å². The summed E-state index contributed by atoms with van der Waals surface area (Å²) in [6.07, 6.45) is 4.27. The molecular formula is C25H16F5N5O. The van der Waals surface area contributed by atoms with Gasteiger partial charge in [-0.3, -0.25) is 9.99 Å². The molecule has 0 fully saturated rings. The van der Waals surface area contributed by atoms with Gasteiger partial charge in [-0.15, -0.1) is 10.8 Å². The minimum Gasteiger partial charge on any atom is -0.377 e. The molecule has 6 nitrogen and oxygen atoms in total. The van der Waals surface area contributed by atoms with Crippen LogP contribution in [-0.2, 0) is 11.5 Å². The first-order chi connectivity index (χ1) is 17.2. The zero-order chi connectivity index (χ0) is 25.8. The van der Waals surface area contributed by atoms with Crippen LogP contribution in [-0.4, -0.2) is 33.2 Å². The first-order valence-corrected chi connectivity index (χ1v) is 10.4. The molecule has 1 unspecified atom stereocenters. The van der Waals surface area contributed by atoms with Crippen LogP contribution < -0.4 is 0 Å². The fraction of sp³-hybridized carbons (Fsp3) is 0.160. The smallest absolute Gasteiger partial charge is 0.325 e. The second kappa shape index (κ2) is 10.1. The van der Waals surface area contributed by atoms with Crippen molar-refractivity contribution in [2.24, 2.45) is 10.3 Å². The number of β-amino-alcohol motifs (C(OH)–C–C–N with tert-alkyl or cyclic N) is 1. The number of aliphatic hydroxyl groups is 1. The molecule has 1 aliphatic heterocycles. The van der Waals surface area contributed by atoms with Crippen LogP contribution in [0.5, 0.6) is 0 Å². The molecule has 0 saturated heterocycles. The number of hydrogen-bond acceptors (Lipinski definition) is 6. The van der Waals surface area contributed by atoms with E-state index in [0.717, 1.165) is 23.3 Å². The van der Waals surface area contributed by atoms with Gasteiger partial charge in [0, 0.05) is 17.2 Å². The predicted octanol–water partition coefficient (Wildman–Crippen LogP) is 4.62. The SMILES string of the molecule is OC(CN1CC=C=CN=N1)(c1ccc(F)cc1F)C(F)(F)c1cnc(C#Cc2ccc(F)cc2)cn1. The Morgan fingerprint density at radius 3 is 2.42 bits per heavy atom. The molecule has 1 atom stereocenters. The number of nitrogens with zero attached hydrogens (tertiary/aromatic N) is 5. The molecule has 3 aromatic rings. The monoisotopic (exact) mass is 497 g/mol. The van der Waals surface area contributed by atoms with Crippen molar-refractivity contribution in [2.45, 2.75) is 11.5 Å². The highest BCUT2D eigenvalue weighted by Gasteiger charge is 2.58. The molecular weight excluding hydrogens is 481 g/mol. The third-order valence-corrected chi connectivity index (χ3v) is 5.19. The topological polar surface area (TPSA) is 74.0 Å². The molecule has 182 valence electrons. The van der Waals surface area contributed by atoms with Crippen molar-refractivity contribution < 1.29 is 27.1 Å². The van der Waals surface area contributed by atoms with E-state index in [1.807, 2.05) is 0 Å². The highest BCUT2D eigenvalue weighted by atomic mass is 19.3. The maximum atomic E-state index is 15.8. The van der Waals surface area contributed by atoms with Gasteiger partial charge in [-0.25, -0.2) is 18.2 Å². The van der Waals surface area contributed by atoms with E-state index in [-0.39, 0.29) is 12.2 Å². The first-order valence-electron chi connectivity index (χ1n) is 10.4. The van der Waals surface area contributed by atoms with E-state index >= 15 is 8.78 Å². The first kappa shape index (κ1) is 24.7. The van der Waals surface area contributed by atoms with Gasteiger partial charge in [-0.05, 0) is 48.4 Å². The maximum absolute atomic E-state index is 15.8. The van der Waals surface area contributed by atoms with Crippen molar-refractivity contribution in [3.63, 3.8) is 0 Å².